The zero-order chi connectivity index (χ0) is 38.2. The third kappa shape index (κ3) is 4.71. The molecule has 2 aliphatic rings. The van der Waals surface area contributed by atoms with E-state index in [1.165, 1.54) is 88.3 Å². The molecule has 0 atom stereocenters. The molecule has 0 saturated carbocycles. The summed E-state index contributed by atoms with van der Waals surface area (Å²) in [5.74, 6) is 0. The Kier molecular flexibility index (Phi) is 7.21. The summed E-state index contributed by atoms with van der Waals surface area (Å²) in [4.78, 5) is 2.42. The van der Waals surface area contributed by atoms with Crippen LogP contribution in [0.1, 0.15) is 22.3 Å². The van der Waals surface area contributed by atoms with Crippen molar-refractivity contribution in [1.29, 1.82) is 0 Å². The van der Waals surface area contributed by atoms with Crippen molar-refractivity contribution in [3.63, 3.8) is 0 Å². The van der Waals surface area contributed by atoms with Gasteiger partial charge in [0.2, 0.25) is 0 Å². The molecular formula is C57H37N. The molecule has 0 fully saturated rings. The summed E-state index contributed by atoms with van der Waals surface area (Å²) in [6, 6.07) is 82.9. The molecule has 0 N–H and O–H groups in total. The van der Waals surface area contributed by atoms with Crippen LogP contribution in [-0.2, 0) is 5.41 Å². The second-order valence-corrected chi connectivity index (χ2v) is 15.6. The Morgan fingerprint density at radius 2 is 0.707 bits per heavy atom. The van der Waals surface area contributed by atoms with Gasteiger partial charge in [0.25, 0.3) is 0 Å². The first-order valence-corrected chi connectivity index (χ1v) is 20.2. The minimum absolute atomic E-state index is 0.371. The molecule has 1 heteroatoms. The second kappa shape index (κ2) is 12.8. The van der Waals surface area contributed by atoms with Crippen LogP contribution in [0.3, 0.4) is 0 Å². The minimum atomic E-state index is -0.371. The number of rotatable bonds is 5. The van der Waals surface area contributed by atoms with Crippen LogP contribution in [-0.4, -0.2) is 0 Å². The number of nitrogens with zero attached hydrogens (tertiary/aromatic N) is 1. The Hall–Kier alpha value is -7.48. The van der Waals surface area contributed by atoms with E-state index in [2.05, 4.69) is 229 Å². The van der Waals surface area contributed by atoms with Crippen molar-refractivity contribution >= 4 is 38.6 Å². The van der Waals surface area contributed by atoms with E-state index in [-0.39, 0.29) is 5.41 Å². The third-order valence-electron chi connectivity index (χ3n) is 12.7. The van der Waals surface area contributed by atoms with Gasteiger partial charge in [0, 0.05) is 17.1 Å². The lowest BCUT2D eigenvalue weighted by Crippen LogP contribution is -2.25. The van der Waals surface area contributed by atoms with Crippen LogP contribution in [0.25, 0.3) is 66.1 Å². The van der Waals surface area contributed by atoms with Crippen LogP contribution < -0.4 is 4.90 Å². The molecule has 270 valence electrons. The smallest absolute Gasteiger partial charge is 0.0725 e. The van der Waals surface area contributed by atoms with Gasteiger partial charge in [-0.3, -0.25) is 0 Å². The van der Waals surface area contributed by atoms with Gasteiger partial charge in [0.15, 0.2) is 0 Å². The molecule has 0 heterocycles. The highest BCUT2D eigenvalue weighted by Gasteiger charge is 2.51. The number of hydrogen-bond donors (Lipinski definition) is 0. The topological polar surface area (TPSA) is 3.24 Å². The van der Waals surface area contributed by atoms with Crippen LogP contribution in [0, 0.1) is 0 Å². The van der Waals surface area contributed by atoms with Gasteiger partial charge >= 0.3 is 0 Å². The first-order chi connectivity index (χ1) is 28.8. The Labute approximate surface area is 338 Å². The van der Waals surface area contributed by atoms with E-state index in [1.807, 2.05) is 0 Å². The van der Waals surface area contributed by atoms with Gasteiger partial charge in [-0.15, -0.1) is 0 Å². The maximum absolute atomic E-state index is 2.43. The number of anilines is 3. The molecule has 0 saturated heterocycles. The predicted octanol–water partition coefficient (Wildman–Crippen LogP) is 15.1. The van der Waals surface area contributed by atoms with E-state index in [1.54, 1.807) is 0 Å². The summed E-state index contributed by atoms with van der Waals surface area (Å²) in [7, 11) is 0. The molecule has 0 unspecified atom stereocenters. The number of benzene rings is 10. The van der Waals surface area contributed by atoms with Crippen molar-refractivity contribution in [2.24, 2.45) is 0 Å². The van der Waals surface area contributed by atoms with Crippen molar-refractivity contribution in [2.75, 3.05) is 4.90 Å². The van der Waals surface area contributed by atoms with Crippen molar-refractivity contribution in [3.8, 4) is 44.5 Å². The monoisotopic (exact) mass is 735 g/mol. The van der Waals surface area contributed by atoms with E-state index in [4.69, 9.17) is 0 Å². The molecule has 0 amide bonds. The quantitative estimate of drug-likeness (QED) is 0.159. The van der Waals surface area contributed by atoms with Crippen molar-refractivity contribution in [1.82, 2.24) is 0 Å². The average molecular weight is 736 g/mol. The predicted molar refractivity (Wildman–Crippen MR) is 243 cm³/mol. The van der Waals surface area contributed by atoms with Gasteiger partial charge in [-0.25, -0.2) is 0 Å². The summed E-state index contributed by atoms with van der Waals surface area (Å²) in [6.07, 6.45) is 0. The summed E-state index contributed by atoms with van der Waals surface area (Å²) >= 11 is 0. The van der Waals surface area contributed by atoms with Gasteiger partial charge in [-0.2, -0.15) is 0 Å². The van der Waals surface area contributed by atoms with E-state index in [9.17, 15) is 0 Å². The Bertz CT molecular complexity index is 3170. The Morgan fingerprint density at radius 3 is 1.34 bits per heavy atom. The lowest BCUT2D eigenvalue weighted by molar-refractivity contribution is 0.794. The molecule has 0 radical (unpaired) electrons. The SMILES string of the molecule is c1ccc(-c2ccc(N(c3ccc(-c4cc5ccccc5c5ccccc45)cc3)c3ccc4c(c3)-c3ccccc3C43c4ccccc4-c4ccccc43)cc2)cc1. The van der Waals surface area contributed by atoms with Gasteiger partial charge in [-0.05, 0) is 131 Å². The molecule has 12 rings (SSSR count). The van der Waals surface area contributed by atoms with Crippen molar-refractivity contribution in [2.45, 2.75) is 5.41 Å². The van der Waals surface area contributed by atoms with Crippen molar-refractivity contribution in [3.05, 3.63) is 247 Å². The largest absolute Gasteiger partial charge is 0.310 e. The standard InChI is InChI=1S/C57H37N/c1-2-14-38(15-3-1)39-26-30-42(31-27-39)58(43-32-28-40(29-33-43)51-36-41-16-4-5-17-45(41)46-18-6-7-19-47(46)51)44-34-35-56-52(37-44)50-22-10-13-25-55(50)57(56)53-23-11-8-20-48(53)49-21-9-12-24-54(49)57/h1-37H. The highest BCUT2D eigenvalue weighted by atomic mass is 15.1. The lowest BCUT2D eigenvalue weighted by Gasteiger charge is -2.31. The Balaban J connectivity index is 1.04. The second-order valence-electron chi connectivity index (χ2n) is 15.6. The fraction of sp³-hybridized carbons (Fsp3) is 0.0175. The Morgan fingerprint density at radius 1 is 0.259 bits per heavy atom. The lowest BCUT2D eigenvalue weighted by atomic mass is 9.70. The molecule has 2 aliphatic carbocycles. The highest BCUT2D eigenvalue weighted by molar-refractivity contribution is 6.13. The van der Waals surface area contributed by atoms with Gasteiger partial charge in [0.05, 0.1) is 5.41 Å². The van der Waals surface area contributed by atoms with Gasteiger partial charge < -0.3 is 4.90 Å². The normalized spacial score (nSPS) is 13.0. The molecule has 10 aromatic rings. The number of fused-ring (bicyclic) bond motifs is 13. The van der Waals surface area contributed by atoms with E-state index < -0.39 is 0 Å². The van der Waals surface area contributed by atoms with Crippen LogP contribution in [0.4, 0.5) is 17.1 Å². The van der Waals surface area contributed by atoms with Crippen LogP contribution in [0.2, 0.25) is 0 Å². The third-order valence-corrected chi connectivity index (χ3v) is 12.7. The first-order valence-electron chi connectivity index (χ1n) is 20.2. The first kappa shape index (κ1) is 32.7. The summed E-state index contributed by atoms with van der Waals surface area (Å²) in [5.41, 5.74) is 18.5. The average Bonchev–Trinajstić information content (AvgIpc) is 3.77. The van der Waals surface area contributed by atoms with E-state index in [0.717, 1.165) is 17.1 Å². The number of hydrogen-bond acceptors (Lipinski definition) is 1. The van der Waals surface area contributed by atoms with Crippen molar-refractivity contribution < 1.29 is 0 Å². The van der Waals surface area contributed by atoms with Crippen LogP contribution in [0.5, 0.6) is 0 Å². The van der Waals surface area contributed by atoms with E-state index in [0.29, 0.717) is 0 Å². The summed E-state index contributed by atoms with van der Waals surface area (Å²) in [6.45, 7) is 0. The van der Waals surface area contributed by atoms with E-state index >= 15 is 0 Å². The molecular weight excluding hydrogens is 699 g/mol. The van der Waals surface area contributed by atoms with Crippen LogP contribution >= 0.6 is 0 Å². The van der Waals surface area contributed by atoms with Gasteiger partial charge in [0.1, 0.15) is 0 Å². The maximum Gasteiger partial charge on any atom is 0.0725 e. The fourth-order valence-corrected chi connectivity index (χ4v) is 10.2. The zero-order valence-corrected chi connectivity index (χ0v) is 31.8. The molecule has 1 nitrogen and oxygen atoms in total. The molecule has 0 aromatic heterocycles. The molecule has 1 spiro atoms. The maximum atomic E-state index is 2.43. The fourth-order valence-electron chi connectivity index (χ4n) is 10.2. The molecule has 0 aliphatic heterocycles. The highest BCUT2D eigenvalue weighted by Crippen LogP contribution is 2.63. The summed E-state index contributed by atoms with van der Waals surface area (Å²) < 4.78 is 0. The molecule has 0 bridgehead atoms. The molecule has 58 heavy (non-hydrogen) atoms. The van der Waals surface area contributed by atoms with Crippen LogP contribution in [0.15, 0.2) is 224 Å². The molecule has 10 aromatic carbocycles. The summed E-state index contributed by atoms with van der Waals surface area (Å²) in [5, 5.41) is 5.09. The van der Waals surface area contributed by atoms with Gasteiger partial charge in [-0.1, -0.05) is 182 Å². The zero-order valence-electron chi connectivity index (χ0n) is 31.8. The minimum Gasteiger partial charge on any atom is -0.310 e.